The van der Waals surface area contributed by atoms with Gasteiger partial charge in [0.1, 0.15) is 17.5 Å². The standard InChI is InChI=1S/C27H32N4O3/c1-18(2)30-27(32)31-11-7-20(8-12-31)25-17-29-26-24(25)15-21(16-28-26)19-3-5-22(6-4-19)34-23-9-13-33-14-10-23/h3-7,15-18,23H,8-14H2,1-2H3,(H,28,29)(H,30,32). The van der Waals surface area contributed by atoms with Crippen LogP contribution in [0.15, 0.2) is 48.8 Å². The first-order valence-corrected chi connectivity index (χ1v) is 12.1. The van der Waals surface area contributed by atoms with E-state index in [0.717, 1.165) is 65.9 Å². The van der Waals surface area contributed by atoms with Crippen LogP contribution in [0.2, 0.25) is 0 Å². The number of H-pyrrole nitrogens is 1. The molecule has 1 saturated heterocycles. The average Bonchev–Trinajstić information content (AvgIpc) is 3.28. The average molecular weight is 461 g/mol. The zero-order chi connectivity index (χ0) is 23.5. The lowest BCUT2D eigenvalue weighted by Gasteiger charge is -2.27. The molecule has 3 aromatic rings. The van der Waals surface area contributed by atoms with Crippen molar-refractivity contribution in [2.45, 2.75) is 45.3 Å². The number of ether oxygens (including phenoxy) is 2. The number of rotatable bonds is 5. The summed E-state index contributed by atoms with van der Waals surface area (Å²) in [5.74, 6) is 0.894. The van der Waals surface area contributed by atoms with Gasteiger partial charge in [-0.25, -0.2) is 9.78 Å². The number of amides is 2. The van der Waals surface area contributed by atoms with Gasteiger partial charge in [-0.05, 0) is 49.6 Å². The zero-order valence-electron chi connectivity index (χ0n) is 19.8. The summed E-state index contributed by atoms with van der Waals surface area (Å²) in [5, 5.41) is 4.07. The summed E-state index contributed by atoms with van der Waals surface area (Å²) in [6.45, 7) is 6.82. The summed E-state index contributed by atoms with van der Waals surface area (Å²) in [6, 6.07) is 10.6. The van der Waals surface area contributed by atoms with E-state index < -0.39 is 0 Å². The number of nitrogens with zero attached hydrogens (tertiary/aromatic N) is 2. The molecule has 7 nitrogen and oxygen atoms in total. The summed E-state index contributed by atoms with van der Waals surface area (Å²) in [6.07, 6.45) is 9.02. The molecular weight excluding hydrogens is 428 g/mol. The van der Waals surface area contributed by atoms with Gasteiger partial charge in [-0.15, -0.1) is 0 Å². The van der Waals surface area contributed by atoms with Gasteiger partial charge in [0.2, 0.25) is 0 Å². The molecule has 34 heavy (non-hydrogen) atoms. The lowest BCUT2D eigenvalue weighted by molar-refractivity contribution is 0.0256. The number of urea groups is 1. The predicted molar refractivity (Wildman–Crippen MR) is 134 cm³/mol. The van der Waals surface area contributed by atoms with Gasteiger partial charge in [-0.3, -0.25) is 0 Å². The van der Waals surface area contributed by atoms with Crippen molar-refractivity contribution in [2.24, 2.45) is 0 Å². The van der Waals surface area contributed by atoms with Crippen molar-refractivity contribution >= 4 is 22.6 Å². The number of carbonyl (C=O) groups is 1. The summed E-state index contributed by atoms with van der Waals surface area (Å²) in [7, 11) is 0. The fourth-order valence-electron chi connectivity index (χ4n) is 4.58. The molecule has 5 rings (SSSR count). The Balaban J connectivity index is 1.32. The van der Waals surface area contributed by atoms with E-state index in [9.17, 15) is 4.79 Å². The van der Waals surface area contributed by atoms with E-state index in [1.807, 2.05) is 43.3 Å². The second-order valence-corrected chi connectivity index (χ2v) is 9.31. The topological polar surface area (TPSA) is 79.5 Å². The highest BCUT2D eigenvalue weighted by atomic mass is 16.5. The van der Waals surface area contributed by atoms with Crippen LogP contribution in [0.3, 0.4) is 0 Å². The van der Waals surface area contributed by atoms with Gasteiger partial charge >= 0.3 is 6.03 Å². The van der Waals surface area contributed by atoms with Crippen LogP contribution in [-0.4, -0.2) is 59.3 Å². The molecule has 2 N–H and O–H groups in total. The molecule has 0 aliphatic carbocycles. The third kappa shape index (κ3) is 4.94. The number of pyridine rings is 1. The second kappa shape index (κ2) is 9.89. The predicted octanol–water partition coefficient (Wildman–Crippen LogP) is 4.99. The smallest absolute Gasteiger partial charge is 0.317 e. The van der Waals surface area contributed by atoms with Gasteiger partial charge in [-0.1, -0.05) is 18.2 Å². The number of aromatic amines is 1. The molecule has 0 unspecified atom stereocenters. The first-order chi connectivity index (χ1) is 16.6. The maximum atomic E-state index is 12.3. The van der Waals surface area contributed by atoms with E-state index in [1.54, 1.807) is 0 Å². The molecule has 0 bridgehead atoms. The van der Waals surface area contributed by atoms with Gasteiger partial charge in [0.05, 0.1) is 13.2 Å². The molecule has 2 amide bonds. The van der Waals surface area contributed by atoms with E-state index in [-0.39, 0.29) is 18.2 Å². The maximum Gasteiger partial charge on any atom is 0.317 e. The first-order valence-electron chi connectivity index (χ1n) is 12.1. The van der Waals surface area contributed by atoms with Crippen molar-refractivity contribution in [3.63, 3.8) is 0 Å². The largest absolute Gasteiger partial charge is 0.490 e. The van der Waals surface area contributed by atoms with E-state index >= 15 is 0 Å². The van der Waals surface area contributed by atoms with Crippen molar-refractivity contribution in [3.05, 3.63) is 54.4 Å². The lowest BCUT2D eigenvalue weighted by atomic mass is 9.98. The quantitative estimate of drug-likeness (QED) is 0.562. The van der Waals surface area contributed by atoms with Crippen LogP contribution in [-0.2, 0) is 4.74 Å². The van der Waals surface area contributed by atoms with Gasteiger partial charge in [0.15, 0.2) is 0 Å². The molecule has 178 valence electrons. The Morgan fingerprint density at radius 2 is 2.00 bits per heavy atom. The highest BCUT2D eigenvalue weighted by Crippen LogP contribution is 2.32. The second-order valence-electron chi connectivity index (χ2n) is 9.31. The van der Waals surface area contributed by atoms with Crippen molar-refractivity contribution in [3.8, 4) is 16.9 Å². The van der Waals surface area contributed by atoms with Crippen LogP contribution >= 0.6 is 0 Å². The first kappa shape index (κ1) is 22.5. The minimum Gasteiger partial charge on any atom is -0.490 e. The normalized spacial score (nSPS) is 17.1. The molecule has 0 spiro atoms. The number of carbonyl (C=O) groups excluding carboxylic acids is 1. The van der Waals surface area contributed by atoms with Crippen molar-refractivity contribution in [1.82, 2.24) is 20.2 Å². The Hall–Kier alpha value is -3.32. The molecule has 0 atom stereocenters. The number of aromatic nitrogens is 2. The fraction of sp³-hybridized carbons (Fsp3) is 0.407. The molecule has 1 aromatic carbocycles. The van der Waals surface area contributed by atoms with Gasteiger partial charge in [0.25, 0.3) is 0 Å². The highest BCUT2D eigenvalue weighted by Gasteiger charge is 2.20. The maximum absolute atomic E-state index is 12.3. The van der Waals surface area contributed by atoms with Crippen molar-refractivity contribution in [1.29, 1.82) is 0 Å². The Morgan fingerprint density at radius 3 is 2.71 bits per heavy atom. The number of hydrogen-bond donors (Lipinski definition) is 2. The van der Waals surface area contributed by atoms with Crippen LogP contribution in [0.4, 0.5) is 4.79 Å². The van der Waals surface area contributed by atoms with Crippen LogP contribution in [0, 0.1) is 0 Å². The number of hydrogen-bond acceptors (Lipinski definition) is 4. The minimum atomic E-state index is -0.00238. The van der Waals surface area contributed by atoms with Gasteiger partial charge < -0.3 is 24.7 Å². The van der Waals surface area contributed by atoms with E-state index in [0.29, 0.717) is 13.1 Å². The van der Waals surface area contributed by atoms with Crippen LogP contribution < -0.4 is 10.1 Å². The fourth-order valence-corrected chi connectivity index (χ4v) is 4.58. The monoisotopic (exact) mass is 460 g/mol. The summed E-state index contributed by atoms with van der Waals surface area (Å²) in [5.41, 5.74) is 5.46. The summed E-state index contributed by atoms with van der Waals surface area (Å²) >= 11 is 0. The van der Waals surface area contributed by atoms with Crippen molar-refractivity contribution < 1.29 is 14.3 Å². The van der Waals surface area contributed by atoms with E-state index in [1.165, 1.54) is 5.57 Å². The Kier molecular flexibility index (Phi) is 6.54. The lowest BCUT2D eigenvalue weighted by Crippen LogP contribution is -2.44. The SMILES string of the molecule is CC(C)NC(=O)N1CC=C(c2c[nH]c3ncc(-c4ccc(OC5CCOCC5)cc4)cc23)CC1. The summed E-state index contributed by atoms with van der Waals surface area (Å²) < 4.78 is 11.5. The van der Waals surface area contributed by atoms with Crippen LogP contribution in [0.1, 0.15) is 38.7 Å². The Bertz CT molecular complexity index is 1180. The molecule has 4 heterocycles. The van der Waals surface area contributed by atoms with E-state index in [2.05, 4.69) is 39.6 Å². The van der Waals surface area contributed by atoms with Crippen molar-refractivity contribution in [2.75, 3.05) is 26.3 Å². The molecule has 2 aliphatic rings. The number of fused-ring (bicyclic) bond motifs is 1. The molecule has 2 aromatic heterocycles. The number of nitrogens with one attached hydrogen (secondary N) is 2. The van der Waals surface area contributed by atoms with E-state index in [4.69, 9.17) is 9.47 Å². The Labute approximate surface area is 200 Å². The molecule has 2 aliphatic heterocycles. The van der Waals surface area contributed by atoms with Gasteiger partial charge in [-0.2, -0.15) is 0 Å². The third-order valence-corrected chi connectivity index (χ3v) is 6.44. The molecule has 0 radical (unpaired) electrons. The summed E-state index contributed by atoms with van der Waals surface area (Å²) in [4.78, 5) is 22.1. The Morgan fingerprint density at radius 1 is 1.21 bits per heavy atom. The van der Waals surface area contributed by atoms with Gasteiger partial charge in [0, 0.05) is 60.9 Å². The highest BCUT2D eigenvalue weighted by molar-refractivity contribution is 5.93. The molecule has 7 heteroatoms. The molecule has 0 saturated carbocycles. The van der Waals surface area contributed by atoms with Crippen LogP contribution in [0.5, 0.6) is 5.75 Å². The molecule has 1 fully saturated rings. The number of benzene rings is 1. The van der Waals surface area contributed by atoms with Crippen LogP contribution in [0.25, 0.3) is 27.7 Å². The molecular formula is C27H32N4O3. The third-order valence-electron chi connectivity index (χ3n) is 6.44. The minimum absolute atomic E-state index is 0.00238. The zero-order valence-corrected chi connectivity index (χ0v) is 19.8.